The standard InChI is InChI=1S/C15H11F2N3O/c1-21-10-3-4-11-13(7-10)18-8-19-15(11)20-14-6-9(16)2-5-12(14)17/h2-8H,1H3,(H,18,19,20). The Morgan fingerprint density at radius 2 is 1.90 bits per heavy atom. The molecule has 21 heavy (non-hydrogen) atoms. The third-order valence-corrected chi connectivity index (χ3v) is 3.03. The number of aromatic nitrogens is 2. The maximum atomic E-state index is 13.7. The van der Waals surface area contributed by atoms with Gasteiger partial charge in [-0.25, -0.2) is 18.7 Å². The zero-order chi connectivity index (χ0) is 14.8. The lowest BCUT2D eigenvalue weighted by Crippen LogP contribution is -1.99. The van der Waals surface area contributed by atoms with Crippen molar-refractivity contribution in [3.05, 3.63) is 54.4 Å². The van der Waals surface area contributed by atoms with Crippen LogP contribution in [0.4, 0.5) is 20.3 Å². The number of nitrogens with zero attached hydrogens (tertiary/aromatic N) is 2. The van der Waals surface area contributed by atoms with E-state index >= 15 is 0 Å². The number of fused-ring (bicyclic) bond motifs is 1. The molecule has 0 bridgehead atoms. The molecule has 0 aliphatic carbocycles. The van der Waals surface area contributed by atoms with Crippen LogP contribution in [0.5, 0.6) is 5.75 Å². The van der Waals surface area contributed by atoms with E-state index in [1.807, 2.05) is 0 Å². The van der Waals surface area contributed by atoms with Crippen LogP contribution >= 0.6 is 0 Å². The lowest BCUT2D eigenvalue weighted by Gasteiger charge is -2.10. The summed E-state index contributed by atoms with van der Waals surface area (Å²) in [5, 5.41) is 3.47. The molecule has 0 aliphatic rings. The summed E-state index contributed by atoms with van der Waals surface area (Å²) in [6.45, 7) is 0. The van der Waals surface area contributed by atoms with Crippen LogP contribution < -0.4 is 10.1 Å². The van der Waals surface area contributed by atoms with Crippen LogP contribution in [0, 0.1) is 11.6 Å². The first kappa shape index (κ1) is 13.2. The van der Waals surface area contributed by atoms with Gasteiger partial charge in [0.25, 0.3) is 0 Å². The molecule has 0 saturated carbocycles. The summed E-state index contributed by atoms with van der Waals surface area (Å²) in [5.74, 6) is -0.0353. The minimum absolute atomic E-state index is 0.0193. The van der Waals surface area contributed by atoms with Crippen molar-refractivity contribution in [1.82, 2.24) is 9.97 Å². The molecule has 0 amide bonds. The summed E-state index contributed by atoms with van der Waals surface area (Å²) in [6, 6.07) is 8.44. The molecule has 3 aromatic rings. The van der Waals surface area contributed by atoms with Gasteiger partial charge < -0.3 is 10.1 Å². The van der Waals surface area contributed by atoms with Gasteiger partial charge in [0.05, 0.1) is 18.3 Å². The smallest absolute Gasteiger partial charge is 0.146 e. The Kier molecular flexibility index (Phi) is 3.35. The molecule has 1 heterocycles. The highest BCUT2D eigenvalue weighted by molar-refractivity contribution is 5.91. The van der Waals surface area contributed by atoms with Crippen molar-refractivity contribution in [2.45, 2.75) is 0 Å². The normalized spacial score (nSPS) is 10.6. The molecular formula is C15H11F2N3O. The second-order valence-corrected chi connectivity index (χ2v) is 4.35. The maximum absolute atomic E-state index is 13.7. The van der Waals surface area contributed by atoms with Gasteiger partial charge in [0, 0.05) is 17.5 Å². The number of benzene rings is 2. The van der Waals surface area contributed by atoms with E-state index in [2.05, 4.69) is 15.3 Å². The van der Waals surface area contributed by atoms with Crippen LogP contribution in [-0.4, -0.2) is 17.1 Å². The van der Waals surface area contributed by atoms with Gasteiger partial charge in [-0.1, -0.05) is 0 Å². The summed E-state index contributed by atoms with van der Waals surface area (Å²) in [5.41, 5.74) is 0.662. The minimum atomic E-state index is -0.559. The molecule has 4 nitrogen and oxygen atoms in total. The van der Waals surface area contributed by atoms with Gasteiger partial charge in [-0.15, -0.1) is 0 Å². The molecule has 6 heteroatoms. The summed E-state index contributed by atoms with van der Waals surface area (Å²) in [6.07, 6.45) is 1.35. The van der Waals surface area contributed by atoms with Gasteiger partial charge in [0.1, 0.15) is 29.5 Å². The fourth-order valence-electron chi connectivity index (χ4n) is 1.98. The van der Waals surface area contributed by atoms with E-state index in [4.69, 9.17) is 4.74 Å². The second-order valence-electron chi connectivity index (χ2n) is 4.35. The third kappa shape index (κ3) is 2.60. The van der Waals surface area contributed by atoms with E-state index in [1.165, 1.54) is 6.33 Å². The molecular weight excluding hydrogens is 276 g/mol. The topological polar surface area (TPSA) is 47.0 Å². The zero-order valence-corrected chi connectivity index (χ0v) is 11.1. The SMILES string of the molecule is COc1ccc2c(Nc3cc(F)ccc3F)ncnc2c1. The lowest BCUT2D eigenvalue weighted by atomic mass is 10.2. The minimum Gasteiger partial charge on any atom is -0.497 e. The van der Waals surface area contributed by atoms with Crippen molar-refractivity contribution in [3.8, 4) is 5.75 Å². The number of methoxy groups -OCH3 is 1. The monoisotopic (exact) mass is 287 g/mol. The molecule has 2 aromatic carbocycles. The molecule has 0 spiro atoms. The molecule has 0 saturated heterocycles. The average molecular weight is 287 g/mol. The number of ether oxygens (including phenoxy) is 1. The van der Waals surface area contributed by atoms with Crippen LogP contribution in [0.1, 0.15) is 0 Å². The van der Waals surface area contributed by atoms with Gasteiger partial charge in [-0.05, 0) is 24.3 Å². The highest BCUT2D eigenvalue weighted by Crippen LogP contribution is 2.27. The van der Waals surface area contributed by atoms with Crippen molar-refractivity contribution in [1.29, 1.82) is 0 Å². The Bertz CT molecular complexity index is 808. The summed E-state index contributed by atoms with van der Waals surface area (Å²) in [7, 11) is 1.56. The first-order valence-electron chi connectivity index (χ1n) is 6.18. The van der Waals surface area contributed by atoms with E-state index in [1.54, 1.807) is 25.3 Å². The van der Waals surface area contributed by atoms with Crippen molar-refractivity contribution in [2.24, 2.45) is 0 Å². The number of hydrogen-bond acceptors (Lipinski definition) is 4. The predicted octanol–water partition coefficient (Wildman–Crippen LogP) is 3.66. The second kappa shape index (κ2) is 5.32. The number of anilines is 2. The fourth-order valence-corrected chi connectivity index (χ4v) is 1.98. The predicted molar refractivity (Wildman–Crippen MR) is 75.7 cm³/mol. The largest absolute Gasteiger partial charge is 0.497 e. The molecule has 0 fully saturated rings. The Morgan fingerprint density at radius 3 is 2.71 bits per heavy atom. The first-order chi connectivity index (χ1) is 10.2. The third-order valence-electron chi connectivity index (χ3n) is 3.03. The summed E-state index contributed by atoms with van der Waals surface area (Å²) >= 11 is 0. The van der Waals surface area contributed by atoms with Crippen molar-refractivity contribution >= 4 is 22.4 Å². The van der Waals surface area contributed by atoms with Gasteiger partial charge >= 0.3 is 0 Å². The van der Waals surface area contributed by atoms with Gasteiger partial charge in [-0.3, -0.25) is 0 Å². The average Bonchev–Trinajstić information content (AvgIpc) is 2.50. The molecule has 0 atom stereocenters. The molecule has 106 valence electrons. The van der Waals surface area contributed by atoms with Crippen molar-refractivity contribution in [3.63, 3.8) is 0 Å². The van der Waals surface area contributed by atoms with Crippen LogP contribution in [0.2, 0.25) is 0 Å². The van der Waals surface area contributed by atoms with Crippen molar-refractivity contribution in [2.75, 3.05) is 12.4 Å². The molecule has 0 radical (unpaired) electrons. The Hall–Kier alpha value is -2.76. The number of nitrogens with one attached hydrogen (secondary N) is 1. The number of hydrogen-bond donors (Lipinski definition) is 1. The fraction of sp³-hybridized carbons (Fsp3) is 0.0667. The highest BCUT2D eigenvalue weighted by Gasteiger charge is 2.09. The maximum Gasteiger partial charge on any atom is 0.146 e. The molecule has 3 rings (SSSR count). The quantitative estimate of drug-likeness (QED) is 0.798. The van der Waals surface area contributed by atoms with E-state index in [0.717, 1.165) is 18.2 Å². The Balaban J connectivity index is 2.06. The van der Waals surface area contributed by atoms with Crippen molar-refractivity contribution < 1.29 is 13.5 Å². The summed E-state index contributed by atoms with van der Waals surface area (Å²) in [4.78, 5) is 8.21. The molecule has 1 N–H and O–H groups in total. The number of halogens is 2. The van der Waals surface area contributed by atoms with Crippen LogP contribution in [-0.2, 0) is 0 Å². The van der Waals surface area contributed by atoms with Crippen LogP contribution in [0.3, 0.4) is 0 Å². The van der Waals surface area contributed by atoms with E-state index < -0.39 is 11.6 Å². The zero-order valence-electron chi connectivity index (χ0n) is 11.1. The Morgan fingerprint density at radius 1 is 1.05 bits per heavy atom. The molecule has 0 aliphatic heterocycles. The highest BCUT2D eigenvalue weighted by atomic mass is 19.1. The first-order valence-corrected chi connectivity index (χ1v) is 6.18. The van der Waals surface area contributed by atoms with Gasteiger partial charge in [0.2, 0.25) is 0 Å². The summed E-state index contributed by atoms with van der Waals surface area (Å²) < 4.78 is 32.0. The van der Waals surface area contributed by atoms with Crippen LogP contribution in [0.25, 0.3) is 10.9 Å². The van der Waals surface area contributed by atoms with Gasteiger partial charge in [0.15, 0.2) is 0 Å². The molecule has 0 unspecified atom stereocenters. The molecule has 1 aromatic heterocycles. The van der Waals surface area contributed by atoms with E-state index in [-0.39, 0.29) is 5.69 Å². The van der Waals surface area contributed by atoms with E-state index in [9.17, 15) is 8.78 Å². The van der Waals surface area contributed by atoms with E-state index in [0.29, 0.717) is 22.5 Å². The Labute approximate surface area is 119 Å². The van der Waals surface area contributed by atoms with Gasteiger partial charge in [-0.2, -0.15) is 0 Å². The lowest BCUT2D eigenvalue weighted by molar-refractivity contribution is 0.415. The number of rotatable bonds is 3. The van der Waals surface area contributed by atoms with Crippen LogP contribution in [0.15, 0.2) is 42.7 Å².